The third-order valence-corrected chi connectivity index (χ3v) is 4.10. The Balaban J connectivity index is 1.96. The quantitative estimate of drug-likeness (QED) is 0.767. The molecule has 1 saturated carbocycles. The normalized spacial score (nSPS) is 30.4. The van der Waals surface area contributed by atoms with E-state index in [2.05, 4.69) is 4.90 Å². The topological polar surface area (TPSA) is 49.8 Å². The van der Waals surface area contributed by atoms with Gasteiger partial charge in [0.1, 0.15) is 0 Å². The van der Waals surface area contributed by atoms with Crippen LogP contribution in [0.25, 0.3) is 0 Å². The second-order valence-electron chi connectivity index (χ2n) is 5.61. The lowest BCUT2D eigenvalue weighted by atomic mass is 9.75. The molecule has 0 bridgehead atoms. The molecule has 1 saturated heterocycles. The molecule has 0 aromatic rings. The number of piperidine rings is 1. The summed E-state index contributed by atoms with van der Waals surface area (Å²) in [5.74, 6) is 0.0833. The van der Waals surface area contributed by atoms with Gasteiger partial charge < -0.3 is 9.84 Å². The number of rotatable bonds is 6. The summed E-state index contributed by atoms with van der Waals surface area (Å²) in [6.07, 6.45) is 5.19. The second kappa shape index (κ2) is 5.36. The highest BCUT2D eigenvalue weighted by Gasteiger charge is 2.45. The van der Waals surface area contributed by atoms with Gasteiger partial charge in [-0.05, 0) is 31.7 Å². The predicted octanol–water partition coefficient (Wildman–Crippen LogP) is 1.60. The molecule has 4 nitrogen and oxygen atoms in total. The Labute approximate surface area is 103 Å². The van der Waals surface area contributed by atoms with Crippen molar-refractivity contribution in [2.24, 2.45) is 11.3 Å². The first-order chi connectivity index (χ1) is 8.16. The molecule has 0 spiro atoms. The summed E-state index contributed by atoms with van der Waals surface area (Å²) in [5, 5.41) is 9.55. The summed E-state index contributed by atoms with van der Waals surface area (Å²) in [4.78, 5) is 13.9. The summed E-state index contributed by atoms with van der Waals surface area (Å²) >= 11 is 0. The van der Waals surface area contributed by atoms with Crippen molar-refractivity contribution >= 4 is 5.97 Å². The summed E-state index contributed by atoms with van der Waals surface area (Å²) in [6, 6.07) is 0. The monoisotopic (exact) mass is 241 g/mol. The van der Waals surface area contributed by atoms with Crippen molar-refractivity contribution in [2.75, 3.05) is 33.4 Å². The molecular weight excluding hydrogens is 218 g/mol. The van der Waals surface area contributed by atoms with Gasteiger partial charge >= 0.3 is 5.97 Å². The molecule has 0 radical (unpaired) electrons. The molecule has 0 amide bonds. The van der Waals surface area contributed by atoms with Crippen LogP contribution in [0.4, 0.5) is 0 Å². The van der Waals surface area contributed by atoms with Crippen LogP contribution in [0.3, 0.4) is 0 Å². The molecule has 98 valence electrons. The maximum absolute atomic E-state index is 11.6. The maximum Gasteiger partial charge on any atom is 0.310 e. The first-order valence-electron chi connectivity index (χ1n) is 6.61. The molecule has 4 heteroatoms. The Kier molecular flexibility index (Phi) is 4.05. The van der Waals surface area contributed by atoms with Gasteiger partial charge in [-0.2, -0.15) is 0 Å². The Bertz CT molecular complexity index is 278. The van der Waals surface area contributed by atoms with E-state index in [0.29, 0.717) is 19.1 Å². The number of methoxy groups -OCH3 is 1. The van der Waals surface area contributed by atoms with Gasteiger partial charge in [0.25, 0.3) is 0 Å². The average molecular weight is 241 g/mol. The van der Waals surface area contributed by atoms with E-state index in [4.69, 9.17) is 4.74 Å². The fourth-order valence-corrected chi connectivity index (χ4v) is 2.94. The predicted molar refractivity (Wildman–Crippen MR) is 65.0 cm³/mol. The number of carboxylic acids is 1. The zero-order valence-electron chi connectivity index (χ0n) is 10.7. The summed E-state index contributed by atoms with van der Waals surface area (Å²) < 4.78 is 5.08. The Morgan fingerprint density at radius 3 is 2.88 bits per heavy atom. The van der Waals surface area contributed by atoms with Gasteiger partial charge in [-0.15, -0.1) is 0 Å². The zero-order valence-corrected chi connectivity index (χ0v) is 10.7. The maximum atomic E-state index is 11.6. The highest BCUT2D eigenvalue weighted by atomic mass is 16.5. The summed E-state index contributed by atoms with van der Waals surface area (Å²) in [7, 11) is 1.69. The lowest BCUT2D eigenvalue weighted by Gasteiger charge is -2.40. The second-order valence-corrected chi connectivity index (χ2v) is 5.61. The van der Waals surface area contributed by atoms with E-state index in [1.165, 1.54) is 12.8 Å². The summed E-state index contributed by atoms with van der Waals surface area (Å²) in [6.45, 7) is 3.28. The van der Waals surface area contributed by atoms with Gasteiger partial charge in [-0.3, -0.25) is 9.69 Å². The van der Waals surface area contributed by atoms with E-state index >= 15 is 0 Å². The van der Waals surface area contributed by atoms with Crippen molar-refractivity contribution in [3.05, 3.63) is 0 Å². The first kappa shape index (κ1) is 12.8. The minimum Gasteiger partial charge on any atom is -0.481 e. The van der Waals surface area contributed by atoms with Crippen molar-refractivity contribution < 1.29 is 14.6 Å². The molecule has 2 fully saturated rings. The van der Waals surface area contributed by atoms with E-state index in [-0.39, 0.29) is 0 Å². The molecule has 2 rings (SSSR count). The van der Waals surface area contributed by atoms with Crippen molar-refractivity contribution in [1.29, 1.82) is 0 Å². The van der Waals surface area contributed by atoms with Crippen LogP contribution in [0.15, 0.2) is 0 Å². The van der Waals surface area contributed by atoms with Crippen molar-refractivity contribution in [2.45, 2.75) is 32.1 Å². The molecule has 0 aromatic heterocycles. The van der Waals surface area contributed by atoms with Crippen molar-refractivity contribution in [3.63, 3.8) is 0 Å². The minimum absolute atomic E-state index is 0.479. The van der Waals surface area contributed by atoms with Crippen LogP contribution < -0.4 is 0 Å². The van der Waals surface area contributed by atoms with Crippen LogP contribution in [0.5, 0.6) is 0 Å². The molecule has 2 aliphatic rings. The lowest BCUT2D eigenvalue weighted by Crippen LogP contribution is -2.48. The number of aliphatic carboxylic acids is 1. The van der Waals surface area contributed by atoms with E-state index < -0.39 is 11.4 Å². The number of carboxylic acid groups (broad SMARTS) is 1. The fourth-order valence-electron chi connectivity index (χ4n) is 2.94. The number of hydrogen-bond acceptors (Lipinski definition) is 3. The smallest absolute Gasteiger partial charge is 0.310 e. The van der Waals surface area contributed by atoms with E-state index in [1.54, 1.807) is 7.11 Å². The number of ether oxygens (including phenoxy) is 1. The number of likely N-dealkylation sites (tertiary alicyclic amines) is 1. The number of hydrogen-bond donors (Lipinski definition) is 1. The van der Waals surface area contributed by atoms with Gasteiger partial charge in [0, 0.05) is 20.2 Å². The molecule has 1 N–H and O–H groups in total. The fraction of sp³-hybridized carbons (Fsp3) is 0.923. The van der Waals surface area contributed by atoms with E-state index in [1.807, 2.05) is 0 Å². The Hall–Kier alpha value is -0.610. The molecule has 1 atom stereocenters. The zero-order chi connectivity index (χ0) is 12.3. The van der Waals surface area contributed by atoms with Crippen molar-refractivity contribution in [1.82, 2.24) is 4.90 Å². The van der Waals surface area contributed by atoms with Crippen molar-refractivity contribution in [3.8, 4) is 0 Å². The van der Waals surface area contributed by atoms with Gasteiger partial charge in [0.15, 0.2) is 0 Å². The third kappa shape index (κ3) is 3.19. The van der Waals surface area contributed by atoms with E-state index in [0.717, 1.165) is 32.4 Å². The molecular formula is C13H23NO3. The number of nitrogens with zero attached hydrogens (tertiary/aromatic N) is 1. The van der Waals surface area contributed by atoms with Gasteiger partial charge in [0.05, 0.1) is 12.0 Å². The van der Waals surface area contributed by atoms with Gasteiger partial charge in [0.2, 0.25) is 0 Å². The molecule has 17 heavy (non-hydrogen) atoms. The van der Waals surface area contributed by atoms with Gasteiger partial charge in [-0.1, -0.05) is 12.8 Å². The highest BCUT2D eigenvalue weighted by Crippen LogP contribution is 2.44. The van der Waals surface area contributed by atoms with Gasteiger partial charge in [-0.25, -0.2) is 0 Å². The SMILES string of the molecule is COCCN1CCC[C@@](CC2CC2)(C(=O)O)C1. The highest BCUT2D eigenvalue weighted by molar-refractivity contribution is 5.75. The van der Waals surface area contributed by atoms with Crippen LogP contribution in [0, 0.1) is 11.3 Å². The minimum atomic E-state index is -0.591. The van der Waals surface area contributed by atoms with Crippen LogP contribution >= 0.6 is 0 Å². The van der Waals surface area contributed by atoms with Crippen LogP contribution in [-0.4, -0.2) is 49.3 Å². The van der Waals surface area contributed by atoms with Crippen LogP contribution in [0.1, 0.15) is 32.1 Å². The molecule has 1 heterocycles. The van der Waals surface area contributed by atoms with E-state index in [9.17, 15) is 9.90 Å². The molecule has 1 aliphatic heterocycles. The number of carbonyl (C=O) groups is 1. The largest absolute Gasteiger partial charge is 0.481 e. The molecule has 1 aliphatic carbocycles. The third-order valence-electron chi connectivity index (χ3n) is 4.10. The van der Waals surface area contributed by atoms with Crippen LogP contribution in [-0.2, 0) is 9.53 Å². The molecule has 0 aromatic carbocycles. The molecule has 0 unspecified atom stereocenters. The standard InChI is InChI=1S/C13H23NO3/c1-17-8-7-14-6-2-5-13(10-14,12(15)16)9-11-3-4-11/h11H,2-10H2,1H3,(H,15,16)/t13-/m0/s1. The Morgan fingerprint density at radius 2 is 2.29 bits per heavy atom. The first-order valence-corrected chi connectivity index (χ1v) is 6.61. The lowest BCUT2D eigenvalue weighted by molar-refractivity contribution is -0.153. The average Bonchev–Trinajstić information content (AvgIpc) is 3.10. The van der Waals surface area contributed by atoms with Crippen LogP contribution in [0.2, 0.25) is 0 Å². The Morgan fingerprint density at radius 1 is 1.53 bits per heavy atom. The summed E-state index contributed by atoms with van der Waals surface area (Å²) in [5.41, 5.74) is -0.479.